The molecule has 4 saturated heterocycles. The summed E-state index contributed by atoms with van der Waals surface area (Å²) in [7, 11) is 1.90. The van der Waals surface area contributed by atoms with Crippen LogP contribution in [0, 0.1) is 12.3 Å². The fraction of sp³-hybridized carbons (Fsp3) is 0.441. The number of hydrogen-bond acceptors (Lipinski definition) is 8. The van der Waals surface area contributed by atoms with Gasteiger partial charge in [-0.05, 0) is 75.2 Å². The topological polar surface area (TPSA) is 95.8 Å². The van der Waals surface area contributed by atoms with Gasteiger partial charge in [0, 0.05) is 54.8 Å². The normalized spacial score (nSPS) is 22.7. The van der Waals surface area contributed by atoms with Crippen molar-refractivity contribution in [3.63, 3.8) is 0 Å². The molecule has 4 fully saturated rings. The number of aromatic hydroxyl groups is 1. The molecule has 9 nitrogen and oxygen atoms in total. The first-order chi connectivity index (χ1) is 20.9. The monoisotopic (exact) mass is 576 g/mol. The van der Waals surface area contributed by atoms with Gasteiger partial charge < -0.3 is 24.6 Å². The quantitative estimate of drug-likeness (QED) is 0.347. The Morgan fingerprint density at radius 2 is 1.86 bits per heavy atom. The molecule has 2 aromatic carbocycles. The first kappa shape index (κ1) is 26.5. The molecule has 8 rings (SSSR count). The second-order valence-electron chi connectivity index (χ2n) is 12.8. The molecule has 0 spiro atoms. The predicted molar refractivity (Wildman–Crippen MR) is 168 cm³/mol. The molecule has 43 heavy (non-hydrogen) atoms. The molecule has 9 heteroatoms. The van der Waals surface area contributed by atoms with Gasteiger partial charge in [0.2, 0.25) is 0 Å². The molecule has 4 aromatic rings. The molecule has 4 aliphatic rings. The third-order valence-corrected chi connectivity index (χ3v) is 10.2. The number of rotatable bonds is 5. The van der Waals surface area contributed by atoms with Gasteiger partial charge in [-0.3, -0.25) is 9.69 Å². The van der Waals surface area contributed by atoms with E-state index < -0.39 is 0 Å². The summed E-state index contributed by atoms with van der Waals surface area (Å²) in [5.74, 6) is 3.52. The van der Waals surface area contributed by atoms with Gasteiger partial charge in [-0.1, -0.05) is 18.1 Å². The number of nitrogens with zero attached hydrogens (tertiary/aromatic N) is 5. The standard InChI is InChI=1S/C34H36N6O3/c1-3-21-7-4-8-22-15-25(41)16-26(29(21)22)27-17-28(42)30-31(38(27)2)36-33(43-20-34-11-5-13-40(34)14-6-12-34)37-32(30)39-18-23-9-10-24(19-39)35-23/h1,4,7-8,15-17,23-24,35,41H,5-6,9-14,18-20H2,2H3. The van der Waals surface area contributed by atoms with Gasteiger partial charge in [-0.15, -0.1) is 6.42 Å². The first-order valence-electron chi connectivity index (χ1n) is 15.5. The van der Waals surface area contributed by atoms with Crippen LogP contribution in [-0.2, 0) is 7.05 Å². The largest absolute Gasteiger partial charge is 0.508 e. The lowest BCUT2D eigenvalue weighted by atomic mass is 9.95. The molecule has 4 aliphatic heterocycles. The Bertz CT molecular complexity index is 1850. The highest BCUT2D eigenvalue weighted by molar-refractivity contribution is 6.02. The van der Waals surface area contributed by atoms with Crippen LogP contribution >= 0.6 is 0 Å². The van der Waals surface area contributed by atoms with Crippen molar-refractivity contribution >= 4 is 27.6 Å². The maximum atomic E-state index is 14.1. The number of hydrogen-bond donors (Lipinski definition) is 2. The Morgan fingerprint density at radius 1 is 1.09 bits per heavy atom. The van der Waals surface area contributed by atoms with Gasteiger partial charge in [-0.2, -0.15) is 9.97 Å². The van der Waals surface area contributed by atoms with Gasteiger partial charge in [-0.25, -0.2) is 0 Å². The average molecular weight is 577 g/mol. The summed E-state index contributed by atoms with van der Waals surface area (Å²) in [6.07, 6.45) is 12.8. The van der Waals surface area contributed by atoms with Gasteiger partial charge in [0.15, 0.2) is 11.1 Å². The molecule has 2 N–H and O–H groups in total. The van der Waals surface area contributed by atoms with E-state index in [-0.39, 0.29) is 16.7 Å². The molecule has 0 radical (unpaired) electrons. The molecule has 220 valence electrons. The van der Waals surface area contributed by atoms with E-state index in [1.165, 1.54) is 12.8 Å². The van der Waals surface area contributed by atoms with Crippen molar-refractivity contribution < 1.29 is 9.84 Å². The number of ether oxygens (including phenoxy) is 1. The minimum Gasteiger partial charge on any atom is -0.508 e. The van der Waals surface area contributed by atoms with E-state index in [0.717, 1.165) is 62.6 Å². The SMILES string of the molecule is C#Cc1cccc2cc(O)cc(-c3cc(=O)c4c(N5CC6CCC(C5)N6)nc(OCC56CCCN5CCC6)nc4n3C)c12. The first-order valence-corrected chi connectivity index (χ1v) is 15.5. The van der Waals surface area contributed by atoms with Crippen LogP contribution in [0.1, 0.15) is 44.1 Å². The smallest absolute Gasteiger partial charge is 0.320 e. The average Bonchev–Trinajstić information content (AvgIpc) is 3.70. The minimum atomic E-state index is -0.165. The molecule has 6 heterocycles. The fourth-order valence-corrected chi connectivity index (χ4v) is 8.20. The highest BCUT2D eigenvalue weighted by Gasteiger charge is 2.45. The number of nitrogens with one attached hydrogen (secondary N) is 1. The predicted octanol–water partition coefficient (Wildman–Crippen LogP) is 3.78. The number of phenolic OH excluding ortho intramolecular Hbond substituents is 1. The van der Waals surface area contributed by atoms with E-state index in [0.29, 0.717) is 58.4 Å². The van der Waals surface area contributed by atoms with Crippen LogP contribution in [0.5, 0.6) is 11.8 Å². The zero-order valence-electron chi connectivity index (χ0n) is 24.5. The Hall–Kier alpha value is -4.13. The second-order valence-corrected chi connectivity index (χ2v) is 12.8. The summed E-state index contributed by atoms with van der Waals surface area (Å²) in [4.78, 5) is 28.8. The highest BCUT2D eigenvalue weighted by atomic mass is 16.5. The number of fused-ring (bicyclic) bond motifs is 5. The van der Waals surface area contributed by atoms with Crippen molar-refractivity contribution in [3.8, 4) is 35.4 Å². The number of pyridine rings is 1. The van der Waals surface area contributed by atoms with Gasteiger partial charge in [0.25, 0.3) is 0 Å². The van der Waals surface area contributed by atoms with Crippen LogP contribution in [0.4, 0.5) is 5.82 Å². The van der Waals surface area contributed by atoms with Crippen LogP contribution in [0.15, 0.2) is 41.2 Å². The van der Waals surface area contributed by atoms with Crippen LogP contribution in [0.3, 0.4) is 0 Å². The molecule has 2 aromatic heterocycles. The van der Waals surface area contributed by atoms with Gasteiger partial charge in [0.1, 0.15) is 23.6 Å². The zero-order valence-corrected chi connectivity index (χ0v) is 24.5. The highest BCUT2D eigenvalue weighted by Crippen LogP contribution is 2.40. The van der Waals surface area contributed by atoms with Crippen molar-refractivity contribution in [2.24, 2.45) is 7.05 Å². The van der Waals surface area contributed by atoms with E-state index in [4.69, 9.17) is 21.1 Å². The van der Waals surface area contributed by atoms with Crippen molar-refractivity contribution in [1.29, 1.82) is 0 Å². The Labute approximate surface area is 250 Å². The summed E-state index contributed by atoms with van der Waals surface area (Å²) in [6.45, 7) is 4.35. The number of aryl methyl sites for hydroxylation is 1. The third kappa shape index (κ3) is 4.27. The summed E-state index contributed by atoms with van der Waals surface area (Å²) >= 11 is 0. The number of terminal acetylenes is 1. The molecular weight excluding hydrogens is 540 g/mol. The molecular formula is C34H36N6O3. The van der Waals surface area contributed by atoms with Gasteiger partial charge in [0.05, 0.1) is 11.2 Å². The van der Waals surface area contributed by atoms with Crippen LogP contribution in [-0.4, -0.2) is 75.0 Å². The number of benzene rings is 2. The minimum absolute atomic E-state index is 0.0481. The lowest BCUT2D eigenvalue weighted by Crippen LogP contribution is -2.51. The van der Waals surface area contributed by atoms with Gasteiger partial charge >= 0.3 is 6.01 Å². The molecule has 2 atom stereocenters. The van der Waals surface area contributed by atoms with Crippen LogP contribution < -0.4 is 20.4 Å². The molecule has 0 amide bonds. The summed E-state index contributed by atoms with van der Waals surface area (Å²) in [5.41, 5.74) is 2.39. The van der Waals surface area contributed by atoms with E-state index in [1.807, 2.05) is 29.8 Å². The second kappa shape index (κ2) is 9.97. The van der Waals surface area contributed by atoms with E-state index in [9.17, 15) is 9.90 Å². The lowest BCUT2D eigenvalue weighted by Gasteiger charge is -2.34. The number of aromatic nitrogens is 3. The van der Waals surface area contributed by atoms with Crippen molar-refractivity contribution in [1.82, 2.24) is 24.8 Å². The summed E-state index contributed by atoms with van der Waals surface area (Å²) < 4.78 is 8.40. The van der Waals surface area contributed by atoms with E-state index >= 15 is 0 Å². The molecule has 0 aliphatic carbocycles. The van der Waals surface area contributed by atoms with E-state index in [2.05, 4.69) is 21.0 Å². The number of phenols is 1. The molecule has 2 bridgehead atoms. The Morgan fingerprint density at radius 3 is 2.60 bits per heavy atom. The van der Waals surface area contributed by atoms with Crippen LogP contribution in [0.25, 0.3) is 33.1 Å². The molecule has 0 saturated carbocycles. The summed E-state index contributed by atoms with van der Waals surface area (Å²) in [6, 6.07) is 11.7. The Balaban J connectivity index is 1.31. The molecule has 2 unspecified atom stereocenters. The van der Waals surface area contributed by atoms with Crippen molar-refractivity contribution in [3.05, 3.63) is 52.2 Å². The Kier molecular flexibility index (Phi) is 6.14. The lowest BCUT2D eigenvalue weighted by molar-refractivity contribution is 0.108. The third-order valence-electron chi connectivity index (χ3n) is 10.2. The maximum Gasteiger partial charge on any atom is 0.320 e. The zero-order chi connectivity index (χ0) is 29.3. The van der Waals surface area contributed by atoms with Crippen molar-refractivity contribution in [2.45, 2.75) is 56.1 Å². The summed E-state index contributed by atoms with van der Waals surface area (Å²) in [5, 5.41) is 16.5. The van der Waals surface area contributed by atoms with Crippen molar-refractivity contribution in [2.75, 3.05) is 37.7 Å². The fourth-order valence-electron chi connectivity index (χ4n) is 8.20. The number of anilines is 1. The maximum absolute atomic E-state index is 14.1. The number of piperazine rings is 1. The van der Waals surface area contributed by atoms with E-state index in [1.54, 1.807) is 18.2 Å². The van der Waals surface area contributed by atoms with Crippen LogP contribution in [0.2, 0.25) is 0 Å².